The largest absolute Gasteiger partial charge is 0.351 e. The summed E-state index contributed by atoms with van der Waals surface area (Å²) in [6.45, 7) is 4.72. The van der Waals surface area contributed by atoms with Crippen LogP contribution in [0.25, 0.3) is 0 Å². The molecule has 2 N–H and O–H groups in total. The number of halogens is 1. The molecule has 1 aliphatic heterocycles. The Morgan fingerprint density at radius 3 is 2.76 bits per heavy atom. The van der Waals surface area contributed by atoms with Gasteiger partial charge in [-0.15, -0.1) is 0 Å². The van der Waals surface area contributed by atoms with Gasteiger partial charge in [0, 0.05) is 35.6 Å². The molecule has 1 unspecified atom stereocenters. The highest BCUT2D eigenvalue weighted by atomic mass is 35.5. The van der Waals surface area contributed by atoms with Gasteiger partial charge in [0.25, 0.3) is 5.91 Å². The second-order valence-corrected chi connectivity index (χ2v) is 6.97. The number of rotatable bonds is 5. The number of nitrogens with zero attached hydrogens (tertiary/aromatic N) is 1. The van der Waals surface area contributed by atoms with Gasteiger partial charge in [0.05, 0.1) is 6.54 Å². The number of carbonyl (C=O) groups excluding carboxylic acids is 3. The van der Waals surface area contributed by atoms with E-state index in [1.807, 2.05) is 13.8 Å². The third kappa shape index (κ3) is 5.74. The normalized spacial score (nSPS) is 17.3. The second kappa shape index (κ2) is 8.85. The van der Waals surface area contributed by atoms with E-state index in [2.05, 4.69) is 10.6 Å². The number of amides is 3. The molecule has 0 spiro atoms. The van der Waals surface area contributed by atoms with Crippen molar-refractivity contribution in [3.8, 4) is 0 Å². The van der Waals surface area contributed by atoms with E-state index in [1.54, 1.807) is 29.2 Å². The van der Waals surface area contributed by atoms with Gasteiger partial charge in [-0.3, -0.25) is 14.4 Å². The Labute approximate surface area is 152 Å². The zero-order valence-electron chi connectivity index (χ0n) is 14.5. The Balaban J connectivity index is 1.83. The lowest BCUT2D eigenvalue weighted by Crippen LogP contribution is -2.52. The van der Waals surface area contributed by atoms with Crippen LogP contribution in [0.15, 0.2) is 24.3 Å². The van der Waals surface area contributed by atoms with Crippen LogP contribution in [-0.2, 0) is 9.59 Å². The Hall–Kier alpha value is -2.08. The molecule has 7 heteroatoms. The molecule has 1 aliphatic rings. The van der Waals surface area contributed by atoms with E-state index < -0.39 is 0 Å². The smallest absolute Gasteiger partial charge is 0.251 e. The van der Waals surface area contributed by atoms with Crippen LogP contribution in [-0.4, -0.2) is 48.3 Å². The molecule has 1 atom stereocenters. The fourth-order valence-electron chi connectivity index (χ4n) is 2.69. The highest BCUT2D eigenvalue weighted by Gasteiger charge is 2.25. The molecule has 25 heavy (non-hydrogen) atoms. The first-order valence-corrected chi connectivity index (χ1v) is 8.86. The zero-order valence-corrected chi connectivity index (χ0v) is 15.3. The number of likely N-dealkylation sites (tertiary alicyclic amines) is 1. The molecule has 1 aromatic rings. The average Bonchev–Trinajstić information content (AvgIpc) is 2.59. The SMILES string of the molecule is CC(C)C(=O)NC1CCCN(C(=O)CNC(=O)c2cccc(Cl)c2)C1. The maximum Gasteiger partial charge on any atom is 0.251 e. The van der Waals surface area contributed by atoms with Crippen molar-refractivity contribution in [3.05, 3.63) is 34.9 Å². The Bertz CT molecular complexity index is 648. The molecule has 1 saturated heterocycles. The Morgan fingerprint density at radius 2 is 2.08 bits per heavy atom. The van der Waals surface area contributed by atoms with Crippen LogP contribution in [0.5, 0.6) is 0 Å². The quantitative estimate of drug-likeness (QED) is 0.835. The van der Waals surface area contributed by atoms with Crippen LogP contribution in [0.2, 0.25) is 5.02 Å². The first-order chi connectivity index (χ1) is 11.9. The van der Waals surface area contributed by atoms with Gasteiger partial charge in [0.15, 0.2) is 0 Å². The molecule has 2 rings (SSSR count). The lowest BCUT2D eigenvalue weighted by atomic mass is 10.0. The van der Waals surface area contributed by atoms with Crippen molar-refractivity contribution < 1.29 is 14.4 Å². The topological polar surface area (TPSA) is 78.5 Å². The molecule has 0 aliphatic carbocycles. The van der Waals surface area contributed by atoms with Gasteiger partial charge >= 0.3 is 0 Å². The molecule has 1 aromatic carbocycles. The van der Waals surface area contributed by atoms with Crippen LogP contribution in [0.1, 0.15) is 37.0 Å². The lowest BCUT2D eigenvalue weighted by molar-refractivity contribution is -0.133. The van der Waals surface area contributed by atoms with Crippen molar-refractivity contribution in [2.45, 2.75) is 32.7 Å². The molecule has 1 heterocycles. The molecule has 136 valence electrons. The van der Waals surface area contributed by atoms with Crippen molar-refractivity contribution in [3.63, 3.8) is 0 Å². The van der Waals surface area contributed by atoms with Gasteiger partial charge in [-0.2, -0.15) is 0 Å². The van der Waals surface area contributed by atoms with E-state index >= 15 is 0 Å². The maximum atomic E-state index is 12.3. The Kier molecular flexibility index (Phi) is 6.82. The first-order valence-electron chi connectivity index (χ1n) is 8.48. The monoisotopic (exact) mass is 365 g/mol. The third-order valence-electron chi connectivity index (χ3n) is 4.13. The van der Waals surface area contributed by atoms with Gasteiger partial charge in [0.2, 0.25) is 11.8 Å². The van der Waals surface area contributed by atoms with Crippen molar-refractivity contribution in [2.24, 2.45) is 5.92 Å². The van der Waals surface area contributed by atoms with Crippen LogP contribution < -0.4 is 10.6 Å². The van der Waals surface area contributed by atoms with Crippen molar-refractivity contribution in [1.82, 2.24) is 15.5 Å². The minimum atomic E-state index is -0.336. The fourth-order valence-corrected chi connectivity index (χ4v) is 2.88. The molecule has 6 nitrogen and oxygen atoms in total. The molecule has 0 saturated carbocycles. The predicted octanol–water partition coefficient (Wildman–Crippen LogP) is 1.83. The predicted molar refractivity (Wildman–Crippen MR) is 96.4 cm³/mol. The summed E-state index contributed by atoms with van der Waals surface area (Å²) in [4.78, 5) is 37.9. The van der Waals surface area contributed by atoms with Gasteiger partial charge in [0.1, 0.15) is 0 Å². The van der Waals surface area contributed by atoms with Gasteiger partial charge in [-0.05, 0) is 31.0 Å². The highest BCUT2D eigenvalue weighted by Crippen LogP contribution is 2.12. The van der Waals surface area contributed by atoms with Crippen molar-refractivity contribution >= 4 is 29.3 Å². The number of nitrogens with one attached hydrogen (secondary N) is 2. The first kappa shape index (κ1) is 19.2. The van der Waals surface area contributed by atoms with Gasteiger partial charge < -0.3 is 15.5 Å². The van der Waals surface area contributed by atoms with Crippen molar-refractivity contribution in [2.75, 3.05) is 19.6 Å². The van der Waals surface area contributed by atoms with E-state index in [0.717, 1.165) is 12.8 Å². The zero-order chi connectivity index (χ0) is 18.4. The van der Waals surface area contributed by atoms with Crippen LogP contribution in [0.3, 0.4) is 0 Å². The summed E-state index contributed by atoms with van der Waals surface area (Å²) in [5.41, 5.74) is 0.418. The summed E-state index contributed by atoms with van der Waals surface area (Å²) in [7, 11) is 0. The molecule has 1 fully saturated rings. The molecular weight excluding hydrogens is 342 g/mol. The van der Waals surface area contributed by atoms with Gasteiger partial charge in [-0.25, -0.2) is 0 Å². The van der Waals surface area contributed by atoms with E-state index in [0.29, 0.717) is 23.7 Å². The van der Waals surface area contributed by atoms with Crippen molar-refractivity contribution in [1.29, 1.82) is 0 Å². The third-order valence-corrected chi connectivity index (χ3v) is 4.37. The number of benzene rings is 1. The van der Waals surface area contributed by atoms with Crippen LogP contribution in [0, 0.1) is 5.92 Å². The van der Waals surface area contributed by atoms with Gasteiger partial charge in [-0.1, -0.05) is 31.5 Å². The standard InChI is InChI=1S/C18H24ClN3O3/c1-12(2)17(24)21-15-7-4-8-22(11-15)16(23)10-20-18(25)13-5-3-6-14(19)9-13/h3,5-6,9,12,15H,4,7-8,10-11H2,1-2H3,(H,20,25)(H,21,24). The molecule has 3 amide bonds. The minimum absolute atomic E-state index is 0.00596. The number of hydrogen-bond donors (Lipinski definition) is 2. The summed E-state index contributed by atoms with van der Waals surface area (Å²) >= 11 is 5.86. The minimum Gasteiger partial charge on any atom is -0.351 e. The highest BCUT2D eigenvalue weighted by molar-refractivity contribution is 6.30. The number of carbonyl (C=O) groups is 3. The second-order valence-electron chi connectivity index (χ2n) is 6.54. The van der Waals surface area contributed by atoms with E-state index in [-0.39, 0.29) is 36.2 Å². The summed E-state index contributed by atoms with van der Waals surface area (Å²) < 4.78 is 0. The van der Waals surface area contributed by atoms with Crippen LogP contribution in [0.4, 0.5) is 0 Å². The fraction of sp³-hybridized carbons (Fsp3) is 0.500. The molecule has 0 radical (unpaired) electrons. The average molecular weight is 366 g/mol. The molecule has 0 bridgehead atoms. The lowest BCUT2D eigenvalue weighted by Gasteiger charge is -2.33. The number of piperidine rings is 1. The molecule has 0 aromatic heterocycles. The summed E-state index contributed by atoms with van der Waals surface area (Å²) in [5.74, 6) is -0.576. The van der Waals surface area contributed by atoms with Crippen LogP contribution >= 0.6 is 11.6 Å². The van der Waals surface area contributed by atoms with E-state index in [9.17, 15) is 14.4 Å². The molecular formula is C18H24ClN3O3. The Morgan fingerprint density at radius 1 is 1.32 bits per heavy atom. The summed E-state index contributed by atoms with van der Waals surface area (Å²) in [6.07, 6.45) is 1.69. The summed E-state index contributed by atoms with van der Waals surface area (Å²) in [5, 5.41) is 6.06. The summed E-state index contributed by atoms with van der Waals surface area (Å²) in [6, 6.07) is 6.54. The maximum absolute atomic E-state index is 12.3. The van der Waals surface area contributed by atoms with E-state index in [4.69, 9.17) is 11.6 Å². The number of hydrogen-bond acceptors (Lipinski definition) is 3. The van der Waals surface area contributed by atoms with E-state index in [1.165, 1.54) is 0 Å².